The quantitative estimate of drug-likeness (QED) is 0.524. The van der Waals surface area contributed by atoms with Crippen LogP contribution in [0.3, 0.4) is 0 Å². The number of allylic oxidation sites excluding steroid dienone is 1. The molecule has 4 heteroatoms. The second-order valence-electron chi connectivity index (χ2n) is 4.17. The fourth-order valence-corrected chi connectivity index (χ4v) is 1.83. The number of fused-ring (bicyclic) bond motifs is 1. The van der Waals surface area contributed by atoms with Gasteiger partial charge in [-0.05, 0) is 5.56 Å². The number of nitro benzene ring substituents is 1. The topological polar surface area (TPSA) is 43.1 Å². The van der Waals surface area contributed by atoms with Crippen molar-refractivity contribution in [1.29, 1.82) is 0 Å². The first-order valence-corrected chi connectivity index (χ1v) is 4.60. The molecule has 1 aliphatic carbocycles. The third-order valence-electron chi connectivity index (χ3n) is 2.72. The number of nitrogens with zero attached hydrogens (tertiary/aromatic N) is 1. The van der Waals surface area contributed by atoms with Gasteiger partial charge in [0.1, 0.15) is 0 Å². The first kappa shape index (κ1) is 9.83. The van der Waals surface area contributed by atoms with E-state index >= 15 is 0 Å². The smallest absolute Gasteiger partial charge is 0.258 e. The van der Waals surface area contributed by atoms with E-state index in [1.54, 1.807) is 12.1 Å². The lowest BCUT2D eigenvalue weighted by Gasteiger charge is -2.17. The van der Waals surface area contributed by atoms with Gasteiger partial charge in [0.2, 0.25) is 5.82 Å². The highest BCUT2D eigenvalue weighted by atomic mass is 19.1. The number of benzene rings is 1. The van der Waals surface area contributed by atoms with E-state index in [1.165, 1.54) is 6.07 Å². The second kappa shape index (κ2) is 2.89. The van der Waals surface area contributed by atoms with Crippen LogP contribution in [0.5, 0.6) is 0 Å². The Balaban J connectivity index is 2.67. The van der Waals surface area contributed by atoms with Crippen molar-refractivity contribution in [1.82, 2.24) is 0 Å². The summed E-state index contributed by atoms with van der Waals surface area (Å²) in [4.78, 5) is 9.82. The van der Waals surface area contributed by atoms with Gasteiger partial charge in [0, 0.05) is 17.0 Å². The van der Waals surface area contributed by atoms with E-state index in [9.17, 15) is 14.5 Å². The molecule has 1 aromatic carbocycles. The molecule has 78 valence electrons. The zero-order chi connectivity index (χ0) is 11.2. The number of nitro groups is 1. The van der Waals surface area contributed by atoms with Crippen LogP contribution in [0.4, 0.5) is 10.1 Å². The first-order valence-electron chi connectivity index (χ1n) is 4.60. The molecule has 3 nitrogen and oxygen atoms in total. The van der Waals surface area contributed by atoms with Crippen molar-refractivity contribution in [3.63, 3.8) is 0 Å². The molecule has 15 heavy (non-hydrogen) atoms. The van der Waals surface area contributed by atoms with Crippen LogP contribution in [0.1, 0.15) is 25.0 Å². The van der Waals surface area contributed by atoms with Crippen molar-refractivity contribution in [2.75, 3.05) is 0 Å². The Bertz CT molecular complexity index is 478. The summed E-state index contributed by atoms with van der Waals surface area (Å²) in [5.74, 6) is -0.737. The van der Waals surface area contributed by atoms with Crippen molar-refractivity contribution in [3.05, 3.63) is 45.3 Å². The molecule has 0 N–H and O–H groups in total. The number of halogens is 1. The van der Waals surface area contributed by atoms with Crippen LogP contribution in [0, 0.1) is 15.9 Å². The van der Waals surface area contributed by atoms with Gasteiger partial charge < -0.3 is 0 Å². The molecule has 0 radical (unpaired) electrons. The van der Waals surface area contributed by atoms with Crippen LogP contribution >= 0.6 is 0 Å². The average molecular weight is 207 g/mol. The van der Waals surface area contributed by atoms with Gasteiger partial charge in [0.15, 0.2) is 0 Å². The van der Waals surface area contributed by atoms with Crippen molar-refractivity contribution in [2.24, 2.45) is 0 Å². The Labute approximate surface area is 86.4 Å². The minimum absolute atomic E-state index is 0.245. The standard InChI is InChI=1S/C11H10FNO2/c1-11(2)6-5-7-8(11)3-4-9(10(7)12)13(14)15/h3-6H,1-2H3. The summed E-state index contributed by atoms with van der Waals surface area (Å²) in [5, 5.41) is 10.5. The van der Waals surface area contributed by atoms with Gasteiger partial charge in [-0.2, -0.15) is 4.39 Å². The fraction of sp³-hybridized carbons (Fsp3) is 0.273. The van der Waals surface area contributed by atoms with E-state index in [0.29, 0.717) is 5.56 Å². The molecule has 0 spiro atoms. The highest BCUT2D eigenvalue weighted by Gasteiger charge is 2.30. The van der Waals surface area contributed by atoms with Crippen LogP contribution < -0.4 is 0 Å². The Morgan fingerprint density at radius 3 is 2.67 bits per heavy atom. The van der Waals surface area contributed by atoms with Crippen LogP contribution in [0.2, 0.25) is 0 Å². The molecule has 1 aliphatic rings. The summed E-state index contributed by atoms with van der Waals surface area (Å²) >= 11 is 0. The molecule has 0 atom stereocenters. The lowest BCUT2D eigenvalue weighted by Crippen LogP contribution is -2.11. The molecule has 0 bridgehead atoms. The minimum Gasteiger partial charge on any atom is -0.258 e. The van der Waals surface area contributed by atoms with Gasteiger partial charge in [0.25, 0.3) is 0 Å². The molecule has 1 aromatic rings. The Morgan fingerprint density at radius 2 is 2.07 bits per heavy atom. The van der Waals surface area contributed by atoms with Crippen LogP contribution in [-0.2, 0) is 5.41 Å². The van der Waals surface area contributed by atoms with Gasteiger partial charge in [0.05, 0.1) is 4.92 Å². The largest absolute Gasteiger partial charge is 0.305 e. The molecule has 0 unspecified atom stereocenters. The van der Waals surface area contributed by atoms with Crippen molar-refractivity contribution >= 4 is 11.8 Å². The summed E-state index contributed by atoms with van der Waals surface area (Å²) in [5.41, 5.74) is 0.432. The molecule has 0 aliphatic heterocycles. The monoisotopic (exact) mass is 207 g/mol. The third-order valence-corrected chi connectivity index (χ3v) is 2.72. The molecule has 0 amide bonds. The van der Waals surface area contributed by atoms with Crippen molar-refractivity contribution in [3.8, 4) is 0 Å². The SMILES string of the molecule is CC1(C)C=Cc2c1ccc([N+](=O)[O-])c2F. The molecule has 0 saturated heterocycles. The van der Waals surface area contributed by atoms with Gasteiger partial charge in [-0.25, -0.2) is 0 Å². The summed E-state index contributed by atoms with van der Waals surface area (Å²) < 4.78 is 13.7. The normalized spacial score (nSPS) is 16.5. The zero-order valence-electron chi connectivity index (χ0n) is 8.45. The minimum atomic E-state index is -0.737. The summed E-state index contributed by atoms with van der Waals surface area (Å²) in [6, 6.07) is 2.85. The van der Waals surface area contributed by atoms with Gasteiger partial charge >= 0.3 is 5.69 Å². The maximum Gasteiger partial charge on any atom is 0.305 e. The molecule has 0 aromatic heterocycles. The van der Waals surface area contributed by atoms with E-state index in [4.69, 9.17) is 0 Å². The lowest BCUT2D eigenvalue weighted by molar-refractivity contribution is -0.387. The molecule has 0 saturated carbocycles. The maximum atomic E-state index is 13.7. The molecular weight excluding hydrogens is 197 g/mol. The average Bonchev–Trinajstić information content (AvgIpc) is 2.43. The first-order chi connectivity index (χ1) is 6.93. The lowest BCUT2D eigenvalue weighted by atomic mass is 9.87. The molecule has 0 heterocycles. The zero-order valence-corrected chi connectivity index (χ0v) is 8.45. The summed E-state index contributed by atoms with van der Waals surface area (Å²) in [7, 11) is 0. The van der Waals surface area contributed by atoms with E-state index in [-0.39, 0.29) is 5.41 Å². The Kier molecular flexibility index (Phi) is 1.89. The van der Waals surface area contributed by atoms with Gasteiger partial charge in [-0.1, -0.05) is 32.1 Å². The van der Waals surface area contributed by atoms with Crippen molar-refractivity contribution < 1.29 is 9.31 Å². The molecular formula is C11H10FNO2. The van der Waals surface area contributed by atoms with Gasteiger partial charge in [-0.3, -0.25) is 10.1 Å². The number of rotatable bonds is 1. The third kappa shape index (κ3) is 1.33. The van der Waals surface area contributed by atoms with E-state index in [0.717, 1.165) is 5.56 Å². The van der Waals surface area contributed by atoms with E-state index in [2.05, 4.69) is 0 Å². The highest BCUT2D eigenvalue weighted by molar-refractivity contribution is 5.67. The van der Waals surface area contributed by atoms with Crippen LogP contribution in [0.15, 0.2) is 18.2 Å². The summed E-state index contributed by atoms with van der Waals surface area (Å²) in [6.45, 7) is 3.89. The maximum absolute atomic E-state index is 13.7. The Hall–Kier alpha value is -1.71. The van der Waals surface area contributed by atoms with Gasteiger partial charge in [-0.15, -0.1) is 0 Å². The highest BCUT2D eigenvalue weighted by Crippen LogP contribution is 2.38. The van der Waals surface area contributed by atoms with E-state index in [1.807, 2.05) is 19.9 Å². The summed E-state index contributed by atoms with van der Waals surface area (Å²) in [6.07, 6.45) is 3.46. The predicted molar refractivity (Wildman–Crippen MR) is 55.1 cm³/mol. The molecule has 0 fully saturated rings. The fourth-order valence-electron chi connectivity index (χ4n) is 1.83. The van der Waals surface area contributed by atoms with Crippen molar-refractivity contribution in [2.45, 2.75) is 19.3 Å². The van der Waals surface area contributed by atoms with Crippen LogP contribution in [-0.4, -0.2) is 4.92 Å². The number of hydrogen-bond donors (Lipinski definition) is 0. The second-order valence-corrected chi connectivity index (χ2v) is 4.17. The molecule has 2 rings (SSSR count). The Morgan fingerprint density at radius 1 is 1.40 bits per heavy atom. The predicted octanol–water partition coefficient (Wildman–Crippen LogP) is 3.04. The van der Waals surface area contributed by atoms with Crippen LogP contribution in [0.25, 0.3) is 6.08 Å². The number of hydrogen-bond acceptors (Lipinski definition) is 2. The van der Waals surface area contributed by atoms with E-state index < -0.39 is 16.4 Å².